The molecule has 1 unspecified atom stereocenters. The molecule has 0 amide bonds. The topological polar surface area (TPSA) is 89.5 Å². The van der Waals surface area contributed by atoms with E-state index in [4.69, 9.17) is 4.74 Å². The van der Waals surface area contributed by atoms with Crippen LogP contribution >= 0.6 is 27.3 Å². The van der Waals surface area contributed by atoms with Crippen LogP contribution in [0, 0.1) is 11.3 Å². The minimum absolute atomic E-state index is 0.0620. The van der Waals surface area contributed by atoms with Crippen LogP contribution in [-0.4, -0.2) is 31.6 Å². The summed E-state index contributed by atoms with van der Waals surface area (Å²) in [5.74, 6) is 0.579. The largest absolute Gasteiger partial charge is 0.356 e. The number of nitrogens with zero attached hydrogens (tertiary/aromatic N) is 6. The molecule has 0 aromatic carbocycles. The molecular formula is C16H13BrN6OS. The van der Waals surface area contributed by atoms with Crippen LogP contribution < -0.4 is 0 Å². The summed E-state index contributed by atoms with van der Waals surface area (Å²) >= 11 is 4.99. The lowest BCUT2D eigenvalue weighted by Crippen LogP contribution is -2.18. The maximum Gasteiger partial charge on any atom is 0.192 e. The molecule has 3 aromatic rings. The number of aromatic nitrogens is 5. The van der Waals surface area contributed by atoms with Gasteiger partial charge in [-0.3, -0.25) is 0 Å². The van der Waals surface area contributed by atoms with Crippen LogP contribution in [0.3, 0.4) is 0 Å². The van der Waals surface area contributed by atoms with E-state index >= 15 is 0 Å². The monoisotopic (exact) mass is 416 g/mol. The molecule has 3 aromatic heterocycles. The smallest absolute Gasteiger partial charge is 0.192 e. The maximum absolute atomic E-state index is 9.55. The second kappa shape index (κ2) is 7.00. The standard InChI is InChI=1S/C16H13BrN6OS/c17-13-11(7-18)14(10-4-5-20-21-8-10)25-15(13)16-19-9-23(22-16)12-3-1-2-6-24-12/h4-5,8-9,12H,1-3,6H2. The predicted molar refractivity (Wildman–Crippen MR) is 95.6 cm³/mol. The summed E-state index contributed by atoms with van der Waals surface area (Å²) in [6, 6.07) is 4.08. The lowest BCUT2D eigenvalue weighted by Gasteiger charge is -2.21. The fraction of sp³-hybridized carbons (Fsp3) is 0.312. The zero-order valence-corrected chi connectivity index (χ0v) is 15.5. The minimum Gasteiger partial charge on any atom is -0.356 e. The predicted octanol–water partition coefficient (Wildman–Crippen LogP) is 3.80. The van der Waals surface area contributed by atoms with Gasteiger partial charge in [-0.25, -0.2) is 9.67 Å². The van der Waals surface area contributed by atoms with Crippen LogP contribution in [0.15, 0.2) is 29.3 Å². The summed E-state index contributed by atoms with van der Waals surface area (Å²) in [7, 11) is 0. The normalized spacial score (nSPS) is 17.4. The molecule has 0 bridgehead atoms. The third-order valence-corrected chi connectivity index (χ3v) is 6.26. The summed E-state index contributed by atoms with van der Waals surface area (Å²) < 4.78 is 8.21. The molecule has 0 N–H and O–H groups in total. The van der Waals surface area contributed by atoms with Crippen LogP contribution in [0.5, 0.6) is 0 Å². The first-order valence-corrected chi connectivity index (χ1v) is 9.41. The van der Waals surface area contributed by atoms with Crippen LogP contribution in [0.4, 0.5) is 0 Å². The van der Waals surface area contributed by atoms with Gasteiger partial charge in [-0.15, -0.1) is 16.4 Å². The Balaban J connectivity index is 1.73. The number of nitriles is 1. The molecule has 126 valence electrons. The summed E-state index contributed by atoms with van der Waals surface area (Å²) in [4.78, 5) is 6.06. The Bertz CT molecular complexity index is 926. The second-order valence-corrected chi connectivity index (χ2v) is 7.38. The summed E-state index contributed by atoms with van der Waals surface area (Å²) in [5, 5.41) is 21.8. The van der Waals surface area contributed by atoms with Crippen molar-refractivity contribution in [1.82, 2.24) is 25.0 Å². The average molecular weight is 417 g/mol. The zero-order valence-electron chi connectivity index (χ0n) is 13.1. The third kappa shape index (κ3) is 3.08. The Morgan fingerprint density at radius 2 is 2.24 bits per heavy atom. The van der Waals surface area contributed by atoms with Crippen LogP contribution in [0.1, 0.15) is 31.1 Å². The molecule has 1 aliphatic rings. The van der Waals surface area contributed by atoms with Crippen molar-refractivity contribution < 1.29 is 4.74 Å². The SMILES string of the molecule is N#Cc1c(-c2ccnnc2)sc(-c2ncn(C3CCCCO3)n2)c1Br. The first-order chi connectivity index (χ1) is 12.3. The van der Waals surface area contributed by atoms with Crippen molar-refractivity contribution in [1.29, 1.82) is 5.26 Å². The zero-order chi connectivity index (χ0) is 17.2. The van der Waals surface area contributed by atoms with Gasteiger partial charge in [0.05, 0.1) is 32.2 Å². The van der Waals surface area contributed by atoms with E-state index in [0.717, 1.165) is 41.2 Å². The Morgan fingerprint density at radius 1 is 1.32 bits per heavy atom. The number of halogens is 1. The van der Waals surface area contributed by atoms with Gasteiger partial charge >= 0.3 is 0 Å². The number of hydrogen-bond acceptors (Lipinski definition) is 7. The highest BCUT2D eigenvalue weighted by Crippen LogP contribution is 2.43. The molecule has 25 heavy (non-hydrogen) atoms. The first-order valence-electron chi connectivity index (χ1n) is 7.80. The molecule has 0 aliphatic carbocycles. The van der Waals surface area contributed by atoms with Gasteiger partial charge in [-0.05, 0) is 41.3 Å². The van der Waals surface area contributed by atoms with Crippen molar-refractivity contribution in [2.45, 2.75) is 25.5 Å². The molecule has 0 saturated carbocycles. The van der Waals surface area contributed by atoms with Crippen molar-refractivity contribution in [3.8, 4) is 27.2 Å². The van der Waals surface area contributed by atoms with Gasteiger partial charge in [0.2, 0.25) is 0 Å². The fourth-order valence-electron chi connectivity index (χ4n) is 2.73. The molecular weight excluding hydrogens is 404 g/mol. The van der Waals surface area contributed by atoms with Gasteiger partial charge in [0.1, 0.15) is 12.4 Å². The van der Waals surface area contributed by atoms with E-state index in [1.807, 2.05) is 6.07 Å². The van der Waals surface area contributed by atoms with Crippen molar-refractivity contribution in [2.24, 2.45) is 0 Å². The van der Waals surface area contributed by atoms with Crippen molar-refractivity contribution in [3.05, 3.63) is 34.8 Å². The Kier molecular flexibility index (Phi) is 4.57. The van der Waals surface area contributed by atoms with Gasteiger partial charge in [0, 0.05) is 12.2 Å². The van der Waals surface area contributed by atoms with Gasteiger partial charge in [-0.2, -0.15) is 15.5 Å². The molecule has 7 nitrogen and oxygen atoms in total. The lowest BCUT2D eigenvalue weighted by molar-refractivity contribution is -0.0395. The summed E-state index contributed by atoms with van der Waals surface area (Å²) in [6.07, 6.45) is 8.03. The van der Waals surface area contributed by atoms with Gasteiger partial charge in [-0.1, -0.05) is 0 Å². The lowest BCUT2D eigenvalue weighted by atomic mass is 10.2. The minimum atomic E-state index is -0.0620. The Hall–Kier alpha value is -2.15. The Morgan fingerprint density at radius 3 is 2.96 bits per heavy atom. The van der Waals surface area contributed by atoms with E-state index in [1.165, 1.54) is 11.3 Å². The second-order valence-electron chi connectivity index (χ2n) is 5.56. The highest BCUT2D eigenvalue weighted by molar-refractivity contribution is 9.10. The summed E-state index contributed by atoms with van der Waals surface area (Å²) in [6.45, 7) is 0.750. The molecule has 1 saturated heterocycles. The quantitative estimate of drug-likeness (QED) is 0.644. The summed E-state index contributed by atoms with van der Waals surface area (Å²) in [5.41, 5.74) is 1.40. The van der Waals surface area contributed by atoms with Crippen LogP contribution in [-0.2, 0) is 4.74 Å². The molecule has 9 heteroatoms. The van der Waals surface area contributed by atoms with E-state index in [0.29, 0.717) is 15.9 Å². The van der Waals surface area contributed by atoms with Gasteiger partial charge < -0.3 is 4.74 Å². The van der Waals surface area contributed by atoms with Crippen LogP contribution in [0.2, 0.25) is 0 Å². The number of thiophene rings is 1. The highest BCUT2D eigenvalue weighted by atomic mass is 79.9. The van der Waals surface area contributed by atoms with E-state index in [2.05, 4.69) is 42.3 Å². The van der Waals surface area contributed by atoms with E-state index < -0.39 is 0 Å². The molecule has 1 aliphatic heterocycles. The molecule has 0 spiro atoms. The molecule has 1 fully saturated rings. The van der Waals surface area contributed by atoms with E-state index in [-0.39, 0.29) is 6.23 Å². The third-order valence-electron chi connectivity index (χ3n) is 3.97. The van der Waals surface area contributed by atoms with Crippen molar-refractivity contribution >= 4 is 27.3 Å². The number of rotatable bonds is 3. The number of hydrogen-bond donors (Lipinski definition) is 0. The first kappa shape index (κ1) is 16.3. The van der Waals surface area contributed by atoms with Gasteiger partial charge in [0.15, 0.2) is 12.1 Å². The maximum atomic E-state index is 9.55. The number of ether oxygens (including phenoxy) is 1. The average Bonchev–Trinajstić information content (AvgIpc) is 3.27. The van der Waals surface area contributed by atoms with Crippen molar-refractivity contribution in [3.63, 3.8) is 0 Å². The molecule has 1 atom stereocenters. The van der Waals surface area contributed by atoms with E-state index in [9.17, 15) is 5.26 Å². The van der Waals surface area contributed by atoms with Crippen LogP contribution in [0.25, 0.3) is 21.1 Å². The van der Waals surface area contributed by atoms with Crippen molar-refractivity contribution in [2.75, 3.05) is 6.61 Å². The highest BCUT2D eigenvalue weighted by Gasteiger charge is 2.23. The Labute approximate surface area is 156 Å². The molecule has 4 rings (SSSR count). The van der Waals surface area contributed by atoms with E-state index in [1.54, 1.807) is 23.4 Å². The fourth-order valence-corrected chi connectivity index (χ4v) is 4.64. The molecule has 4 heterocycles. The molecule has 0 radical (unpaired) electrons. The van der Waals surface area contributed by atoms with Gasteiger partial charge in [0.25, 0.3) is 0 Å².